The van der Waals surface area contributed by atoms with Gasteiger partial charge in [0, 0.05) is 43.5 Å². The van der Waals surface area contributed by atoms with E-state index in [4.69, 9.17) is 20.9 Å². The topological polar surface area (TPSA) is 117 Å². The van der Waals surface area contributed by atoms with Crippen molar-refractivity contribution in [2.75, 3.05) is 11.8 Å². The number of nitrogens with one attached hydrogen (secondary N) is 1. The second-order valence-electron chi connectivity index (χ2n) is 7.66. The highest BCUT2D eigenvalue weighted by atomic mass is 35.5. The van der Waals surface area contributed by atoms with Crippen LogP contribution in [0.1, 0.15) is 42.8 Å². The predicted octanol–water partition coefficient (Wildman–Crippen LogP) is 4.53. The van der Waals surface area contributed by atoms with Gasteiger partial charge in [-0.05, 0) is 43.8 Å². The molecule has 0 aromatic carbocycles. The Bertz CT molecular complexity index is 1230. The van der Waals surface area contributed by atoms with Crippen LogP contribution in [0.15, 0.2) is 41.4 Å². The highest BCUT2D eigenvalue weighted by molar-refractivity contribution is 8.01. The third-order valence-corrected chi connectivity index (χ3v) is 6.19. The van der Waals surface area contributed by atoms with Crippen LogP contribution in [0, 0.1) is 6.92 Å². The number of anilines is 1. The summed E-state index contributed by atoms with van der Waals surface area (Å²) in [6.07, 6.45) is 7.12. The van der Waals surface area contributed by atoms with E-state index in [-0.39, 0.29) is 11.4 Å². The second-order valence-corrected chi connectivity index (χ2v) is 9.28. The van der Waals surface area contributed by atoms with Crippen molar-refractivity contribution in [3.8, 4) is 11.4 Å². The molecule has 4 rings (SSSR count). The standard InChI is InChI=1S/C22H25ClN8O2S/c1-5-17-7-18(33-29-17)12-31-21(15-6-13(2)8-24-9-15)27-28-22(31)30-34-14(3)19(32-4)20-25-10-16(23)11-26-20/h6-11,14,19H,5,12H2,1-4H3,(H,28,30). The lowest BCUT2D eigenvalue weighted by Gasteiger charge is -2.21. The molecule has 0 bridgehead atoms. The fraction of sp³-hybridized carbons (Fsp3) is 0.364. The maximum absolute atomic E-state index is 5.92. The summed E-state index contributed by atoms with van der Waals surface area (Å²) in [4.78, 5) is 12.9. The van der Waals surface area contributed by atoms with Crippen LogP contribution in [0.2, 0.25) is 5.02 Å². The number of nitrogens with zero attached hydrogens (tertiary/aromatic N) is 7. The molecular formula is C22H25ClN8O2S. The van der Waals surface area contributed by atoms with Crippen molar-refractivity contribution in [3.63, 3.8) is 0 Å². The molecule has 0 aliphatic rings. The van der Waals surface area contributed by atoms with Gasteiger partial charge in [-0.1, -0.05) is 23.7 Å². The molecule has 12 heteroatoms. The Balaban J connectivity index is 1.58. The first-order valence-corrected chi connectivity index (χ1v) is 12.0. The van der Waals surface area contributed by atoms with Crippen molar-refractivity contribution in [2.24, 2.45) is 0 Å². The van der Waals surface area contributed by atoms with Gasteiger partial charge < -0.3 is 9.26 Å². The zero-order valence-electron chi connectivity index (χ0n) is 19.3. The second kappa shape index (κ2) is 10.9. The van der Waals surface area contributed by atoms with Gasteiger partial charge in [-0.15, -0.1) is 10.2 Å². The van der Waals surface area contributed by atoms with Gasteiger partial charge in [0.1, 0.15) is 6.10 Å². The minimum absolute atomic E-state index is 0.0580. The van der Waals surface area contributed by atoms with Crippen LogP contribution >= 0.6 is 23.5 Å². The van der Waals surface area contributed by atoms with Gasteiger partial charge in [-0.2, -0.15) is 0 Å². The summed E-state index contributed by atoms with van der Waals surface area (Å²) in [6, 6.07) is 3.96. The number of ether oxygens (including phenoxy) is 1. The molecule has 0 aliphatic carbocycles. The quantitative estimate of drug-likeness (QED) is 0.311. The monoisotopic (exact) mass is 500 g/mol. The molecule has 0 amide bonds. The Kier molecular flexibility index (Phi) is 7.76. The number of hydrogen-bond donors (Lipinski definition) is 1. The number of pyridine rings is 1. The van der Waals surface area contributed by atoms with E-state index in [1.54, 1.807) is 31.9 Å². The van der Waals surface area contributed by atoms with Gasteiger partial charge in [0.2, 0.25) is 5.95 Å². The van der Waals surface area contributed by atoms with Crippen LogP contribution in [-0.2, 0) is 17.7 Å². The Hall–Kier alpha value is -3.02. The summed E-state index contributed by atoms with van der Waals surface area (Å²) < 4.78 is 16.4. The summed E-state index contributed by atoms with van der Waals surface area (Å²) in [5.74, 6) is 2.50. The summed E-state index contributed by atoms with van der Waals surface area (Å²) in [6.45, 7) is 6.45. The first-order chi connectivity index (χ1) is 16.5. The number of halogens is 1. The molecule has 0 saturated heterocycles. The van der Waals surface area contributed by atoms with Crippen molar-refractivity contribution in [1.82, 2.24) is 34.9 Å². The zero-order valence-corrected chi connectivity index (χ0v) is 20.8. The van der Waals surface area contributed by atoms with Crippen LogP contribution in [0.25, 0.3) is 11.4 Å². The molecule has 0 aliphatic heterocycles. The Morgan fingerprint density at radius 1 is 1.18 bits per heavy atom. The lowest BCUT2D eigenvalue weighted by atomic mass is 10.2. The first-order valence-electron chi connectivity index (χ1n) is 10.7. The van der Waals surface area contributed by atoms with Gasteiger partial charge in [0.05, 0.1) is 22.5 Å². The molecule has 0 spiro atoms. The third-order valence-electron chi connectivity index (χ3n) is 5.08. The molecule has 0 radical (unpaired) electrons. The van der Waals surface area contributed by atoms with Crippen LogP contribution in [0.5, 0.6) is 0 Å². The van der Waals surface area contributed by atoms with Gasteiger partial charge in [-0.3, -0.25) is 14.3 Å². The number of aromatic nitrogens is 7. The summed E-state index contributed by atoms with van der Waals surface area (Å²) in [7, 11) is 1.63. The fourth-order valence-corrected chi connectivity index (χ4v) is 4.25. The van der Waals surface area contributed by atoms with E-state index >= 15 is 0 Å². The predicted molar refractivity (Wildman–Crippen MR) is 130 cm³/mol. The molecule has 1 N–H and O–H groups in total. The Morgan fingerprint density at radius 2 is 1.97 bits per heavy atom. The van der Waals surface area contributed by atoms with Crippen molar-refractivity contribution in [2.45, 2.75) is 45.1 Å². The van der Waals surface area contributed by atoms with Gasteiger partial charge in [0.15, 0.2) is 17.4 Å². The molecule has 2 atom stereocenters. The molecule has 34 heavy (non-hydrogen) atoms. The van der Waals surface area contributed by atoms with E-state index in [2.05, 4.69) is 35.0 Å². The highest BCUT2D eigenvalue weighted by Gasteiger charge is 2.24. The van der Waals surface area contributed by atoms with Gasteiger partial charge in [-0.25, -0.2) is 9.97 Å². The van der Waals surface area contributed by atoms with Crippen LogP contribution in [0.4, 0.5) is 5.95 Å². The molecule has 0 saturated carbocycles. The van der Waals surface area contributed by atoms with E-state index in [1.807, 2.05) is 37.5 Å². The van der Waals surface area contributed by atoms with E-state index in [0.717, 1.165) is 23.2 Å². The van der Waals surface area contributed by atoms with E-state index in [0.29, 0.717) is 34.9 Å². The molecule has 4 aromatic rings. The lowest BCUT2D eigenvalue weighted by Crippen LogP contribution is -2.19. The normalized spacial score (nSPS) is 13.1. The fourth-order valence-electron chi connectivity index (χ4n) is 3.36. The van der Waals surface area contributed by atoms with E-state index in [1.165, 1.54) is 11.9 Å². The Morgan fingerprint density at radius 3 is 2.65 bits per heavy atom. The van der Waals surface area contributed by atoms with Crippen molar-refractivity contribution >= 4 is 29.5 Å². The maximum atomic E-state index is 5.92. The number of aryl methyl sites for hydroxylation is 2. The van der Waals surface area contributed by atoms with Gasteiger partial charge in [0.25, 0.3) is 0 Å². The van der Waals surface area contributed by atoms with Crippen molar-refractivity contribution < 1.29 is 9.26 Å². The van der Waals surface area contributed by atoms with Gasteiger partial charge >= 0.3 is 0 Å². The number of methoxy groups -OCH3 is 1. The van der Waals surface area contributed by atoms with Crippen molar-refractivity contribution in [3.05, 3.63) is 64.8 Å². The molecule has 4 aromatic heterocycles. The van der Waals surface area contributed by atoms with E-state index < -0.39 is 0 Å². The number of hydrogen-bond acceptors (Lipinski definition) is 10. The minimum Gasteiger partial charge on any atom is -0.372 e. The maximum Gasteiger partial charge on any atom is 0.235 e. The summed E-state index contributed by atoms with van der Waals surface area (Å²) in [5, 5.41) is 13.3. The number of rotatable bonds is 10. The Labute approximate surface area is 206 Å². The van der Waals surface area contributed by atoms with E-state index in [9.17, 15) is 0 Å². The SMILES string of the molecule is CCc1cc(Cn2c(NSC(C)C(OC)c3ncc(Cl)cn3)nnc2-c2cncc(C)c2)on1. The van der Waals surface area contributed by atoms with Crippen LogP contribution in [-0.4, -0.2) is 47.2 Å². The average Bonchev–Trinajstić information content (AvgIpc) is 3.46. The third kappa shape index (κ3) is 5.54. The summed E-state index contributed by atoms with van der Waals surface area (Å²) >= 11 is 7.35. The largest absolute Gasteiger partial charge is 0.372 e. The molecule has 0 fully saturated rings. The lowest BCUT2D eigenvalue weighted by molar-refractivity contribution is 0.0972. The van der Waals surface area contributed by atoms with Crippen molar-refractivity contribution in [1.29, 1.82) is 0 Å². The molecule has 4 heterocycles. The average molecular weight is 501 g/mol. The first kappa shape index (κ1) is 24.1. The minimum atomic E-state index is -0.354. The van der Waals surface area contributed by atoms with Crippen LogP contribution < -0.4 is 4.72 Å². The molecule has 178 valence electrons. The zero-order chi connectivity index (χ0) is 24.1. The smallest absolute Gasteiger partial charge is 0.235 e. The molecular weight excluding hydrogens is 476 g/mol. The molecule has 2 unspecified atom stereocenters. The highest BCUT2D eigenvalue weighted by Crippen LogP contribution is 2.30. The van der Waals surface area contributed by atoms with Crippen LogP contribution in [0.3, 0.4) is 0 Å². The summed E-state index contributed by atoms with van der Waals surface area (Å²) in [5.41, 5.74) is 2.78. The molecule has 10 nitrogen and oxygen atoms in total.